The fourth-order valence-electron chi connectivity index (χ4n) is 2.83. The zero-order valence-corrected chi connectivity index (χ0v) is 14.0. The first-order chi connectivity index (χ1) is 9.65. The summed E-state index contributed by atoms with van der Waals surface area (Å²) in [7, 11) is 0. The summed E-state index contributed by atoms with van der Waals surface area (Å²) in [5.74, 6) is 0.417. The predicted molar refractivity (Wildman–Crippen MR) is 88.3 cm³/mol. The number of aliphatic hydroxyl groups excluding tert-OH is 1. The van der Waals surface area contributed by atoms with Crippen molar-refractivity contribution in [3.8, 4) is 0 Å². The number of rotatable bonds is 6. The minimum atomic E-state index is 0.295. The minimum Gasteiger partial charge on any atom is -0.396 e. The quantitative estimate of drug-likeness (QED) is 0.833. The lowest BCUT2D eigenvalue weighted by molar-refractivity contribution is 0.238. The molecule has 112 valence electrons. The highest BCUT2D eigenvalue weighted by Gasteiger charge is 2.24. The van der Waals surface area contributed by atoms with Crippen molar-refractivity contribution in [2.45, 2.75) is 32.7 Å². The summed E-state index contributed by atoms with van der Waals surface area (Å²) in [6.45, 7) is 7.74. The third-order valence-corrected chi connectivity index (χ3v) is 4.54. The summed E-state index contributed by atoms with van der Waals surface area (Å²) >= 11 is 3.58. The van der Waals surface area contributed by atoms with E-state index >= 15 is 0 Å². The molecule has 2 N–H and O–H groups in total. The van der Waals surface area contributed by atoms with E-state index in [1.807, 2.05) is 0 Å². The molecule has 2 rings (SSSR count). The fourth-order valence-corrected chi connectivity index (χ4v) is 3.18. The maximum Gasteiger partial charge on any atom is 0.0476 e. The SMILES string of the molecule is CCCNC(C)c1ccc(Br)cc1N1CCC(CO)C1. The molecule has 1 heterocycles. The molecule has 1 aromatic rings. The monoisotopic (exact) mass is 340 g/mol. The second kappa shape index (κ2) is 7.43. The van der Waals surface area contributed by atoms with Crippen molar-refractivity contribution < 1.29 is 5.11 Å². The van der Waals surface area contributed by atoms with Crippen molar-refractivity contribution in [2.75, 3.05) is 31.1 Å². The zero-order chi connectivity index (χ0) is 14.5. The number of nitrogens with zero attached hydrogens (tertiary/aromatic N) is 1. The average molecular weight is 341 g/mol. The molecular formula is C16H25BrN2O. The molecular weight excluding hydrogens is 316 g/mol. The molecule has 1 aromatic carbocycles. The molecule has 0 aliphatic carbocycles. The second-order valence-corrected chi connectivity index (χ2v) is 6.58. The van der Waals surface area contributed by atoms with Crippen LogP contribution >= 0.6 is 15.9 Å². The van der Waals surface area contributed by atoms with Crippen LogP contribution in [0, 0.1) is 5.92 Å². The number of aliphatic hydroxyl groups is 1. The van der Waals surface area contributed by atoms with Crippen LogP contribution in [0.25, 0.3) is 0 Å². The Morgan fingerprint density at radius 2 is 2.30 bits per heavy atom. The van der Waals surface area contributed by atoms with Crippen LogP contribution in [0.15, 0.2) is 22.7 Å². The Morgan fingerprint density at radius 3 is 2.95 bits per heavy atom. The van der Waals surface area contributed by atoms with Gasteiger partial charge in [0.25, 0.3) is 0 Å². The maximum absolute atomic E-state index is 9.33. The van der Waals surface area contributed by atoms with Crippen LogP contribution in [0.3, 0.4) is 0 Å². The van der Waals surface area contributed by atoms with E-state index in [9.17, 15) is 5.11 Å². The maximum atomic E-state index is 9.33. The van der Waals surface area contributed by atoms with E-state index in [0.717, 1.165) is 36.9 Å². The molecule has 1 aliphatic rings. The lowest BCUT2D eigenvalue weighted by Gasteiger charge is -2.26. The van der Waals surface area contributed by atoms with Crippen LogP contribution in [0.4, 0.5) is 5.69 Å². The standard InChI is InChI=1S/C16H25BrN2O/c1-3-7-18-12(2)15-5-4-14(17)9-16(15)19-8-6-13(10-19)11-20/h4-5,9,12-13,18,20H,3,6-8,10-11H2,1-2H3. The van der Waals surface area contributed by atoms with Gasteiger partial charge in [0, 0.05) is 41.8 Å². The number of nitrogens with one attached hydrogen (secondary N) is 1. The Balaban J connectivity index is 2.20. The molecule has 2 atom stereocenters. The van der Waals surface area contributed by atoms with E-state index in [-0.39, 0.29) is 0 Å². The van der Waals surface area contributed by atoms with Gasteiger partial charge in [-0.05, 0) is 44.0 Å². The lowest BCUT2D eigenvalue weighted by atomic mass is 10.0. The van der Waals surface area contributed by atoms with E-state index in [4.69, 9.17) is 0 Å². The van der Waals surface area contributed by atoms with Crippen LogP contribution in [-0.2, 0) is 0 Å². The van der Waals surface area contributed by atoms with E-state index in [2.05, 4.69) is 58.2 Å². The molecule has 2 unspecified atom stereocenters. The van der Waals surface area contributed by atoms with E-state index in [0.29, 0.717) is 18.6 Å². The third-order valence-electron chi connectivity index (χ3n) is 4.04. The van der Waals surface area contributed by atoms with E-state index in [1.54, 1.807) is 0 Å². The summed E-state index contributed by atoms with van der Waals surface area (Å²) in [6.07, 6.45) is 2.23. The number of anilines is 1. The van der Waals surface area contributed by atoms with Crippen LogP contribution in [-0.4, -0.2) is 31.3 Å². The van der Waals surface area contributed by atoms with Gasteiger partial charge in [-0.1, -0.05) is 28.9 Å². The minimum absolute atomic E-state index is 0.295. The van der Waals surface area contributed by atoms with Crippen molar-refractivity contribution in [3.63, 3.8) is 0 Å². The molecule has 0 spiro atoms. The lowest BCUT2D eigenvalue weighted by Crippen LogP contribution is -2.25. The molecule has 20 heavy (non-hydrogen) atoms. The third kappa shape index (κ3) is 3.74. The van der Waals surface area contributed by atoms with Gasteiger partial charge in [0.15, 0.2) is 0 Å². The van der Waals surface area contributed by atoms with Gasteiger partial charge in [-0.2, -0.15) is 0 Å². The van der Waals surface area contributed by atoms with Crippen molar-refractivity contribution in [2.24, 2.45) is 5.92 Å². The smallest absolute Gasteiger partial charge is 0.0476 e. The summed E-state index contributed by atoms with van der Waals surface area (Å²) < 4.78 is 1.12. The molecule has 0 saturated carbocycles. The van der Waals surface area contributed by atoms with Gasteiger partial charge in [0.05, 0.1) is 0 Å². The highest BCUT2D eigenvalue weighted by atomic mass is 79.9. The van der Waals surface area contributed by atoms with E-state index in [1.165, 1.54) is 11.3 Å². The Morgan fingerprint density at radius 1 is 1.50 bits per heavy atom. The number of hydrogen-bond donors (Lipinski definition) is 2. The Bertz CT molecular complexity index is 438. The van der Waals surface area contributed by atoms with Crippen LogP contribution in [0.2, 0.25) is 0 Å². The Kier molecular flexibility index (Phi) is 5.87. The summed E-state index contributed by atoms with van der Waals surface area (Å²) in [6, 6.07) is 6.88. The number of hydrogen-bond acceptors (Lipinski definition) is 3. The Hall–Kier alpha value is -0.580. The molecule has 0 amide bonds. The summed E-state index contributed by atoms with van der Waals surface area (Å²) in [4.78, 5) is 2.41. The molecule has 0 bridgehead atoms. The Labute approximate surface area is 130 Å². The first kappa shape index (κ1) is 15.8. The molecule has 1 aliphatic heterocycles. The summed E-state index contributed by atoms with van der Waals surface area (Å²) in [5.41, 5.74) is 2.65. The topological polar surface area (TPSA) is 35.5 Å². The predicted octanol–water partition coefficient (Wildman–Crippen LogP) is 3.33. The first-order valence-corrected chi connectivity index (χ1v) is 8.33. The molecule has 1 saturated heterocycles. The second-order valence-electron chi connectivity index (χ2n) is 5.66. The number of benzene rings is 1. The van der Waals surface area contributed by atoms with Crippen LogP contribution < -0.4 is 10.2 Å². The molecule has 3 nitrogen and oxygen atoms in total. The van der Waals surface area contributed by atoms with Crippen molar-refractivity contribution in [3.05, 3.63) is 28.2 Å². The van der Waals surface area contributed by atoms with Gasteiger partial charge in [0.2, 0.25) is 0 Å². The van der Waals surface area contributed by atoms with Crippen molar-refractivity contribution in [1.82, 2.24) is 5.32 Å². The molecule has 0 radical (unpaired) electrons. The van der Waals surface area contributed by atoms with Gasteiger partial charge in [-0.25, -0.2) is 0 Å². The molecule has 4 heteroatoms. The highest BCUT2D eigenvalue weighted by Crippen LogP contribution is 2.33. The zero-order valence-electron chi connectivity index (χ0n) is 12.4. The van der Waals surface area contributed by atoms with Gasteiger partial charge in [0.1, 0.15) is 0 Å². The average Bonchev–Trinajstić information content (AvgIpc) is 2.93. The van der Waals surface area contributed by atoms with Gasteiger partial charge in [-0.15, -0.1) is 0 Å². The van der Waals surface area contributed by atoms with Gasteiger partial charge >= 0.3 is 0 Å². The van der Waals surface area contributed by atoms with Crippen LogP contribution in [0.1, 0.15) is 38.3 Å². The normalized spacial score (nSPS) is 20.4. The largest absolute Gasteiger partial charge is 0.396 e. The number of halogens is 1. The molecule has 0 aromatic heterocycles. The fraction of sp³-hybridized carbons (Fsp3) is 0.625. The summed E-state index contributed by atoms with van der Waals surface area (Å²) in [5, 5.41) is 12.9. The first-order valence-electron chi connectivity index (χ1n) is 7.54. The highest BCUT2D eigenvalue weighted by molar-refractivity contribution is 9.10. The van der Waals surface area contributed by atoms with E-state index < -0.39 is 0 Å². The van der Waals surface area contributed by atoms with Gasteiger partial charge < -0.3 is 15.3 Å². The van der Waals surface area contributed by atoms with Gasteiger partial charge in [-0.3, -0.25) is 0 Å². The molecule has 1 fully saturated rings. The van der Waals surface area contributed by atoms with Crippen LogP contribution in [0.5, 0.6) is 0 Å². The van der Waals surface area contributed by atoms with Crippen molar-refractivity contribution >= 4 is 21.6 Å². The van der Waals surface area contributed by atoms with Crippen molar-refractivity contribution in [1.29, 1.82) is 0 Å².